The number of benzene rings is 2. The lowest BCUT2D eigenvalue weighted by atomic mass is 10.1. The Morgan fingerprint density at radius 1 is 1.11 bits per heavy atom. The van der Waals surface area contributed by atoms with Crippen LogP contribution in [0, 0.1) is 0 Å². The number of halogens is 1. The Hall–Kier alpha value is -2.00. The van der Waals surface area contributed by atoms with E-state index in [9.17, 15) is 4.79 Å². The number of ether oxygens (including phenoxy) is 1. The van der Waals surface area contributed by atoms with Crippen LogP contribution in [0.3, 0.4) is 0 Å². The highest BCUT2D eigenvalue weighted by Crippen LogP contribution is 2.31. The molecule has 1 aliphatic heterocycles. The Labute approximate surface area is 109 Å². The Bertz CT molecular complexity index is 612. The van der Waals surface area contributed by atoms with Gasteiger partial charge in [-0.2, -0.15) is 0 Å². The number of carbonyl (C=O) groups is 1. The highest BCUT2D eigenvalue weighted by atomic mass is 35.5. The molecule has 2 aromatic rings. The fourth-order valence-corrected chi connectivity index (χ4v) is 2.17. The van der Waals surface area contributed by atoms with Crippen molar-refractivity contribution >= 4 is 23.3 Å². The van der Waals surface area contributed by atoms with Gasteiger partial charge in [0.05, 0.1) is 5.56 Å². The number of hydrogen-bond acceptors (Lipinski definition) is 3. The Morgan fingerprint density at radius 2 is 1.94 bits per heavy atom. The SMILES string of the molecule is O=C1O[C@@H](Nc2cccc(Cl)c2)c2ccccc21. The molecule has 18 heavy (non-hydrogen) atoms. The summed E-state index contributed by atoms with van der Waals surface area (Å²) in [5.74, 6) is -0.301. The second-order valence-corrected chi connectivity index (χ2v) is 4.46. The molecule has 0 saturated carbocycles. The summed E-state index contributed by atoms with van der Waals surface area (Å²) in [5.41, 5.74) is 2.27. The van der Waals surface area contributed by atoms with Gasteiger partial charge in [-0.3, -0.25) is 0 Å². The molecule has 0 saturated heterocycles. The van der Waals surface area contributed by atoms with Gasteiger partial charge in [0.1, 0.15) is 0 Å². The van der Waals surface area contributed by atoms with E-state index in [1.54, 1.807) is 18.2 Å². The summed E-state index contributed by atoms with van der Waals surface area (Å²) in [4.78, 5) is 11.6. The molecule has 1 heterocycles. The first kappa shape index (κ1) is 11.1. The lowest BCUT2D eigenvalue weighted by Gasteiger charge is -2.14. The van der Waals surface area contributed by atoms with Crippen molar-refractivity contribution in [1.82, 2.24) is 0 Å². The van der Waals surface area contributed by atoms with Crippen LogP contribution in [-0.4, -0.2) is 5.97 Å². The highest BCUT2D eigenvalue weighted by Gasteiger charge is 2.30. The van der Waals surface area contributed by atoms with E-state index in [0.29, 0.717) is 10.6 Å². The fourth-order valence-electron chi connectivity index (χ4n) is 1.98. The van der Waals surface area contributed by atoms with Crippen molar-refractivity contribution in [3.63, 3.8) is 0 Å². The fraction of sp³-hybridized carbons (Fsp3) is 0.0714. The van der Waals surface area contributed by atoms with Gasteiger partial charge in [0.25, 0.3) is 0 Å². The molecule has 0 radical (unpaired) electrons. The quantitative estimate of drug-likeness (QED) is 0.837. The molecule has 1 N–H and O–H groups in total. The molecule has 1 aliphatic rings. The molecule has 3 rings (SSSR count). The van der Waals surface area contributed by atoms with Crippen molar-refractivity contribution in [2.45, 2.75) is 6.23 Å². The largest absolute Gasteiger partial charge is 0.434 e. The smallest absolute Gasteiger partial charge is 0.340 e. The second kappa shape index (κ2) is 4.35. The van der Waals surface area contributed by atoms with Gasteiger partial charge in [-0.1, -0.05) is 35.9 Å². The first-order chi connectivity index (χ1) is 8.74. The van der Waals surface area contributed by atoms with Crippen LogP contribution in [0.1, 0.15) is 22.1 Å². The number of anilines is 1. The summed E-state index contributed by atoms with van der Waals surface area (Å²) < 4.78 is 5.28. The average Bonchev–Trinajstić information content (AvgIpc) is 2.67. The van der Waals surface area contributed by atoms with Gasteiger partial charge in [0.15, 0.2) is 0 Å². The zero-order chi connectivity index (χ0) is 12.5. The van der Waals surface area contributed by atoms with E-state index < -0.39 is 6.23 Å². The Kier molecular flexibility index (Phi) is 2.68. The molecule has 0 fully saturated rings. The number of fused-ring (bicyclic) bond motifs is 1. The van der Waals surface area contributed by atoms with Crippen molar-refractivity contribution in [1.29, 1.82) is 0 Å². The summed E-state index contributed by atoms with van der Waals surface area (Å²) in [6, 6.07) is 14.6. The molecule has 0 aromatic heterocycles. The number of nitrogens with one attached hydrogen (secondary N) is 1. The van der Waals surface area contributed by atoms with Crippen molar-refractivity contribution in [2.24, 2.45) is 0 Å². The zero-order valence-electron chi connectivity index (χ0n) is 9.39. The summed E-state index contributed by atoms with van der Waals surface area (Å²) in [7, 11) is 0. The van der Waals surface area contributed by atoms with Gasteiger partial charge >= 0.3 is 5.97 Å². The van der Waals surface area contributed by atoms with Crippen LogP contribution in [0.15, 0.2) is 48.5 Å². The van der Waals surface area contributed by atoms with Crippen molar-refractivity contribution in [3.05, 3.63) is 64.7 Å². The van der Waals surface area contributed by atoms with Crippen LogP contribution in [0.4, 0.5) is 5.69 Å². The molecule has 0 bridgehead atoms. The van der Waals surface area contributed by atoms with Gasteiger partial charge in [-0.15, -0.1) is 0 Å². The lowest BCUT2D eigenvalue weighted by molar-refractivity contribution is 0.0437. The Morgan fingerprint density at radius 3 is 2.78 bits per heavy atom. The minimum atomic E-state index is -0.452. The minimum Gasteiger partial charge on any atom is -0.434 e. The van der Waals surface area contributed by atoms with Gasteiger partial charge in [-0.05, 0) is 24.3 Å². The molecule has 0 aliphatic carbocycles. The predicted octanol–water partition coefficient (Wildman–Crippen LogP) is 3.62. The summed E-state index contributed by atoms with van der Waals surface area (Å²) >= 11 is 5.91. The lowest BCUT2D eigenvalue weighted by Crippen LogP contribution is -2.10. The second-order valence-electron chi connectivity index (χ2n) is 4.03. The highest BCUT2D eigenvalue weighted by molar-refractivity contribution is 6.30. The van der Waals surface area contributed by atoms with Crippen LogP contribution >= 0.6 is 11.6 Å². The third kappa shape index (κ3) is 1.93. The summed E-state index contributed by atoms with van der Waals surface area (Å²) in [6.45, 7) is 0. The third-order valence-corrected chi connectivity index (χ3v) is 3.05. The normalized spacial score (nSPS) is 17.2. The molecular weight excluding hydrogens is 250 g/mol. The molecule has 0 spiro atoms. The van der Waals surface area contributed by atoms with Gasteiger partial charge < -0.3 is 10.1 Å². The molecule has 4 heteroatoms. The maximum absolute atomic E-state index is 11.6. The van der Waals surface area contributed by atoms with E-state index >= 15 is 0 Å². The van der Waals surface area contributed by atoms with E-state index in [-0.39, 0.29) is 5.97 Å². The minimum absolute atomic E-state index is 0.301. The monoisotopic (exact) mass is 259 g/mol. The van der Waals surface area contributed by atoms with Crippen LogP contribution < -0.4 is 5.32 Å². The summed E-state index contributed by atoms with van der Waals surface area (Å²) in [6.07, 6.45) is -0.452. The maximum atomic E-state index is 11.6. The van der Waals surface area contributed by atoms with Gasteiger partial charge in [-0.25, -0.2) is 4.79 Å². The third-order valence-electron chi connectivity index (χ3n) is 2.81. The molecule has 2 aromatic carbocycles. The van der Waals surface area contributed by atoms with Crippen molar-refractivity contribution in [3.8, 4) is 0 Å². The first-order valence-corrected chi connectivity index (χ1v) is 5.94. The van der Waals surface area contributed by atoms with E-state index in [2.05, 4.69) is 5.32 Å². The van der Waals surface area contributed by atoms with Crippen LogP contribution in [0.25, 0.3) is 0 Å². The van der Waals surface area contributed by atoms with E-state index in [0.717, 1.165) is 11.3 Å². The molecule has 90 valence electrons. The van der Waals surface area contributed by atoms with Crippen molar-refractivity contribution in [2.75, 3.05) is 5.32 Å². The maximum Gasteiger partial charge on any atom is 0.340 e. The Balaban J connectivity index is 1.90. The number of esters is 1. The molecule has 1 atom stereocenters. The topological polar surface area (TPSA) is 38.3 Å². The molecule has 3 nitrogen and oxygen atoms in total. The van der Waals surface area contributed by atoms with Crippen molar-refractivity contribution < 1.29 is 9.53 Å². The van der Waals surface area contributed by atoms with Crippen LogP contribution in [0.2, 0.25) is 5.02 Å². The number of carbonyl (C=O) groups excluding carboxylic acids is 1. The standard InChI is InChI=1S/C14H10ClNO2/c15-9-4-3-5-10(8-9)16-13-11-6-1-2-7-12(11)14(17)18-13/h1-8,13,16H/t13-/m1/s1. The van der Waals surface area contributed by atoms with E-state index in [1.807, 2.05) is 30.3 Å². The van der Waals surface area contributed by atoms with Crippen LogP contribution in [-0.2, 0) is 4.74 Å². The number of cyclic esters (lactones) is 1. The molecule has 0 unspecified atom stereocenters. The summed E-state index contributed by atoms with van der Waals surface area (Å²) in [5, 5.41) is 3.78. The molecule has 0 amide bonds. The first-order valence-electron chi connectivity index (χ1n) is 5.56. The average molecular weight is 260 g/mol. The number of hydrogen-bond donors (Lipinski definition) is 1. The predicted molar refractivity (Wildman–Crippen MR) is 69.7 cm³/mol. The zero-order valence-corrected chi connectivity index (χ0v) is 10.1. The van der Waals surface area contributed by atoms with E-state index in [1.165, 1.54) is 0 Å². The van der Waals surface area contributed by atoms with Gasteiger partial charge in [0, 0.05) is 16.3 Å². The van der Waals surface area contributed by atoms with Gasteiger partial charge in [0.2, 0.25) is 6.23 Å². The van der Waals surface area contributed by atoms with Crippen LogP contribution in [0.5, 0.6) is 0 Å². The van der Waals surface area contributed by atoms with E-state index in [4.69, 9.17) is 16.3 Å². The number of rotatable bonds is 2. The molecular formula is C14H10ClNO2.